The van der Waals surface area contributed by atoms with Crippen molar-refractivity contribution < 1.29 is 0 Å². The maximum absolute atomic E-state index is 2.32. The summed E-state index contributed by atoms with van der Waals surface area (Å²) in [5.74, 6) is 0. The van der Waals surface area contributed by atoms with Crippen molar-refractivity contribution >= 4 is 46.3 Å². The van der Waals surface area contributed by atoms with Gasteiger partial charge in [0.25, 0.3) is 0 Å². The van der Waals surface area contributed by atoms with Crippen LogP contribution in [0, 0.1) is 13.8 Å². The molecule has 0 unspecified atom stereocenters. The van der Waals surface area contributed by atoms with E-state index in [9.17, 15) is 0 Å². The second kappa shape index (κ2) is 14.1. The fraction of sp³-hybridized carbons (Fsp3) is 0.0435. The third-order valence-corrected chi connectivity index (χ3v) is 8.50. The zero-order valence-electron chi connectivity index (χ0n) is 27.4. The lowest BCUT2D eigenvalue weighted by atomic mass is 10.0. The van der Waals surface area contributed by atoms with Crippen LogP contribution >= 0.6 is 0 Å². The molecule has 7 aromatic carbocycles. The van der Waals surface area contributed by atoms with E-state index >= 15 is 0 Å². The summed E-state index contributed by atoms with van der Waals surface area (Å²) >= 11 is 0. The van der Waals surface area contributed by atoms with Crippen LogP contribution in [0.4, 0.5) is 34.1 Å². The molecule has 0 amide bonds. The highest BCUT2D eigenvalue weighted by atomic mass is 15.1. The molecule has 0 fully saturated rings. The average molecular weight is 619 g/mol. The van der Waals surface area contributed by atoms with E-state index in [1.807, 2.05) is 0 Å². The quantitative estimate of drug-likeness (QED) is 0.149. The molecule has 0 aliphatic carbocycles. The van der Waals surface area contributed by atoms with Gasteiger partial charge in [0.1, 0.15) is 0 Å². The monoisotopic (exact) mass is 618 g/mol. The lowest BCUT2D eigenvalue weighted by molar-refractivity contribution is 1.25. The molecule has 2 heteroatoms. The normalized spacial score (nSPS) is 11.0. The summed E-state index contributed by atoms with van der Waals surface area (Å²) in [6.07, 6.45) is 4.35. The molecule has 0 bridgehead atoms. The minimum absolute atomic E-state index is 1.13. The van der Waals surface area contributed by atoms with Crippen LogP contribution < -0.4 is 9.80 Å². The molecule has 0 aliphatic rings. The molecule has 48 heavy (non-hydrogen) atoms. The van der Waals surface area contributed by atoms with Crippen molar-refractivity contribution in [3.63, 3.8) is 0 Å². The van der Waals surface area contributed by atoms with Gasteiger partial charge in [-0.05, 0) is 120 Å². The third kappa shape index (κ3) is 6.99. The van der Waals surface area contributed by atoms with Gasteiger partial charge in [0.2, 0.25) is 0 Å². The van der Waals surface area contributed by atoms with Gasteiger partial charge in [0, 0.05) is 34.1 Å². The zero-order valence-corrected chi connectivity index (χ0v) is 27.4. The molecule has 0 aliphatic heterocycles. The maximum atomic E-state index is 2.32. The van der Waals surface area contributed by atoms with Crippen LogP contribution in [-0.2, 0) is 0 Å². The Morgan fingerprint density at radius 1 is 0.312 bits per heavy atom. The number of anilines is 6. The highest BCUT2D eigenvalue weighted by Crippen LogP contribution is 2.37. The molecule has 0 heterocycles. The van der Waals surface area contributed by atoms with Crippen LogP contribution in [0.5, 0.6) is 0 Å². The summed E-state index contributed by atoms with van der Waals surface area (Å²) in [6.45, 7) is 4.31. The lowest BCUT2D eigenvalue weighted by Crippen LogP contribution is -2.10. The summed E-state index contributed by atoms with van der Waals surface area (Å²) < 4.78 is 0. The molecule has 7 aromatic rings. The molecule has 232 valence electrons. The van der Waals surface area contributed by atoms with Gasteiger partial charge in [0.15, 0.2) is 0 Å². The predicted octanol–water partition coefficient (Wildman–Crippen LogP) is 13.1. The predicted molar refractivity (Wildman–Crippen MR) is 206 cm³/mol. The Balaban J connectivity index is 1.07. The number of hydrogen-bond donors (Lipinski definition) is 0. The van der Waals surface area contributed by atoms with Crippen molar-refractivity contribution in [2.24, 2.45) is 0 Å². The molecule has 0 spiro atoms. The summed E-state index contributed by atoms with van der Waals surface area (Å²) in [7, 11) is 0. The van der Waals surface area contributed by atoms with E-state index < -0.39 is 0 Å². The first-order valence-corrected chi connectivity index (χ1v) is 16.4. The van der Waals surface area contributed by atoms with Gasteiger partial charge >= 0.3 is 0 Å². The van der Waals surface area contributed by atoms with Crippen LogP contribution in [0.15, 0.2) is 182 Å². The summed E-state index contributed by atoms with van der Waals surface area (Å²) in [5.41, 5.74) is 14.1. The third-order valence-electron chi connectivity index (χ3n) is 8.50. The summed E-state index contributed by atoms with van der Waals surface area (Å²) in [5, 5.41) is 0. The van der Waals surface area contributed by atoms with E-state index in [0.29, 0.717) is 0 Å². The largest absolute Gasteiger partial charge is 0.311 e. The highest BCUT2D eigenvalue weighted by Gasteiger charge is 2.14. The number of rotatable bonds is 9. The number of para-hydroxylation sites is 3. The summed E-state index contributed by atoms with van der Waals surface area (Å²) in [4.78, 5) is 4.60. The van der Waals surface area contributed by atoms with Crippen molar-refractivity contribution in [1.82, 2.24) is 0 Å². The number of nitrogens with zero attached hydrogens (tertiary/aromatic N) is 2. The van der Waals surface area contributed by atoms with Gasteiger partial charge in [-0.1, -0.05) is 121 Å². The molecular formula is C46H38N2. The Morgan fingerprint density at radius 2 is 0.625 bits per heavy atom. The fourth-order valence-electron chi connectivity index (χ4n) is 6.22. The van der Waals surface area contributed by atoms with Crippen molar-refractivity contribution in [2.45, 2.75) is 13.8 Å². The van der Waals surface area contributed by atoms with Gasteiger partial charge < -0.3 is 9.80 Å². The van der Waals surface area contributed by atoms with Crippen LogP contribution in [-0.4, -0.2) is 0 Å². The van der Waals surface area contributed by atoms with Gasteiger partial charge in [-0.2, -0.15) is 0 Å². The molecule has 0 aromatic heterocycles. The van der Waals surface area contributed by atoms with E-state index in [-0.39, 0.29) is 0 Å². The SMILES string of the molecule is Cc1cc(C)cc(N(c2ccccc2)c2ccc(-c3ccc(C=Cc4ccc(N(c5ccccc5)c5ccccc5)cc4)cc3)cc2)c1. The zero-order chi connectivity index (χ0) is 32.7. The molecule has 2 nitrogen and oxygen atoms in total. The van der Waals surface area contributed by atoms with Crippen LogP contribution in [0.2, 0.25) is 0 Å². The molecule has 0 radical (unpaired) electrons. The second-order valence-corrected chi connectivity index (χ2v) is 12.1. The molecule has 0 N–H and O–H groups in total. The van der Waals surface area contributed by atoms with E-state index in [1.54, 1.807) is 0 Å². The Hall–Kier alpha value is -6.12. The van der Waals surface area contributed by atoms with Crippen molar-refractivity contribution in [1.29, 1.82) is 0 Å². The van der Waals surface area contributed by atoms with Gasteiger partial charge in [-0.3, -0.25) is 0 Å². The van der Waals surface area contributed by atoms with Gasteiger partial charge in [-0.15, -0.1) is 0 Å². The van der Waals surface area contributed by atoms with E-state index in [4.69, 9.17) is 0 Å². The van der Waals surface area contributed by atoms with Crippen LogP contribution in [0.1, 0.15) is 22.3 Å². The Bertz CT molecular complexity index is 2040. The highest BCUT2D eigenvalue weighted by molar-refractivity contribution is 5.80. The maximum Gasteiger partial charge on any atom is 0.0466 e. The minimum atomic E-state index is 1.13. The number of benzene rings is 7. The smallest absolute Gasteiger partial charge is 0.0466 e. The number of aryl methyl sites for hydroxylation is 2. The second-order valence-electron chi connectivity index (χ2n) is 12.1. The topological polar surface area (TPSA) is 6.48 Å². The molecule has 7 rings (SSSR count). The van der Waals surface area contributed by atoms with Gasteiger partial charge in [-0.25, -0.2) is 0 Å². The van der Waals surface area contributed by atoms with Crippen molar-refractivity contribution in [2.75, 3.05) is 9.80 Å². The Labute approximate surface area is 284 Å². The first kappa shape index (κ1) is 30.5. The van der Waals surface area contributed by atoms with E-state index in [0.717, 1.165) is 34.0 Å². The van der Waals surface area contributed by atoms with Crippen molar-refractivity contribution in [3.8, 4) is 11.1 Å². The number of hydrogen-bond acceptors (Lipinski definition) is 2. The standard InChI is InChI=1S/C46H38N2/c1-35-32-36(2)34-46(33-35)48(43-16-10-5-11-17-43)45-30-26-40(27-31-45)39-24-20-37(21-25-39)18-19-38-22-28-44(29-23-38)47(41-12-6-3-7-13-41)42-14-8-4-9-15-42/h3-34H,1-2H3. The van der Waals surface area contributed by atoms with E-state index in [1.165, 1.54) is 33.5 Å². The Kier molecular flexibility index (Phi) is 8.97. The average Bonchev–Trinajstić information content (AvgIpc) is 3.13. The molecule has 0 atom stereocenters. The molecule has 0 saturated heterocycles. The van der Waals surface area contributed by atoms with Crippen LogP contribution in [0.25, 0.3) is 23.3 Å². The molecule has 0 saturated carbocycles. The minimum Gasteiger partial charge on any atom is -0.311 e. The Morgan fingerprint density at radius 3 is 1.04 bits per heavy atom. The lowest BCUT2D eigenvalue weighted by Gasteiger charge is -2.26. The van der Waals surface area contributed by atoms with Crippen LogP contribution in [0.3, 0.4) is 0 Å². The van der Waals surface area contributed by atoms with Gasteiger partial charge in [0.05, 0.1) is 0 Å². The van der Waals surface area contributed by atoms with Crippen molar-refractivity contribution in [3.05, 3.63) is 204 Å². The van der Waals surface area contributed by atoms with E-state index in [2.05, 4.69) is 218 Å². The first-order valence-electron chi connectivity index (χ1n) is 16.4. The first-order chi connectivity index (χ1) is 23.6. The fourth-order valence-corrected chi connectivity index (χ4v) is 6.22. The summed E-state index contributed by atoms with van der Waals surface area (Å²) in [6, 6.07) is 64.7. The molecular weight excluding hydrogens is 581 g/mol.